The third kappa shape index (κ3) is 3.70. The fraction of sp³-hybridized carbons (Fsp3) is 0.316. The Morgan fingerprint density at radius 2 is 1.81 bits per heavy atom. The van der Waals surface area contributed by atoms with Crippen molar-refractivity contribution in [3.05, 3.63) is 57.6 Å². The van der Waals surface area contributed by atoms with Crippen molar-refractivity contribution in [1.29, 1.82) is 0 Å². The molecule has 0 bridgehead atoms. The van der Waals surface area contributed by atoms with E-state index in [-0.39, 0.29) is 16.8 Å². The number of halogens is 1. The van der Waals surface area contributed by atoms with Crippen LogP contribution in [0.2, 0.25) is 0 Å². The van der Waals surface area contributed by atoms with Crippen molar-refractivity contribution < 1.29 is 13.2 Å². The molecule has 5 nitrogen and oxygen atoms in total. The van der Waals surface area contributed by atoms with E-state index in [0.717, 1.165) is 37.8 Å². The van der Waals surface area contributed by atoms with Crippen LogP contribution in [0.3, 0.4) is 0 Å². The predicted molar refractivity (Wildman–Crippen MR) is 104 cm³/mol. The number of nitrogens with one attached hydrogen (secondary N) is 2. The van der Waals surface area contributed by atoms with Crippen molar-refractivity contribution in [3.8, 4) is 0 Å². The summed E-state index contributed by atoms with van der Waals surface area (Å²) in [6.45, 7) is 0. The van der Waals surface area contributed by atoms with E-state index in [1.54, 1.807) is 6.07 Å². The highest BCUT2D eigenvalue weighted by Gasteiger charge is 2.28. The van der Waals surface area contributed by atoms with Crippen LogP contribution in [-0.2, 0) is 22.9 Å². The monoisotopic (exact) mass is 434 g/mol. The van der Waals surface area contributed by atoms with Crippen molar-refractivity contribution in [2.24, 2.45) is 0 Å². The molecular weight excluding hydrogens is 416 g/mol. The molecule has 7 heteroatoms. The van der Waals surface area contributed by atoms with Crippen molar-refractivity contribution in [2.75, 3.05) is 5.32 Å². The fourth-order valence-electron chi connectivity index (χ4n) is 3.18. The molecule has 136 valence electrons. The Labute approximate surface area is 161 Å². The molecule has 0 aliphatic heterocycles. The van der Waals surface area contributed by atoms with E-state index in [2.05, 4.69) is 26.0 Å². The number of hydrogen-bond donors (Lipinski definition) is 2. The average molecular weight is 435 g/mol. The van der Waals surface area contributed by atoms with Crippen molar-refractivity contribution in [3.63, 3.8) is 0 Å². The number of amides is 1. The number of hydrogen-bond acceptors (Lipinski definition) is 3. The number of rotatable bonds is 5. The van der Waals surface area contributed by atoms with Crippen molar-refractivity contribution >= 4 is 37.5 Å². The third-order valence-electron chi connectivity index (χ3n) is 4.75. The van der Waals surface area contributed by atoms with Crippen LogP contribution in [0.25, 0.3) is 0 Å². The maximum absolute atomic E-state index is 12.7. The Bertz CT molecular complexity index is 984. The lowest BCUT2D eigenvalue weighted by Gasteiger charge is -2.11. The highest BCUT2D eigenvalue weighted by Crippen LogP contribution is 2.27. The van der Waals surface area contributed by atoms with Gasteiger partial charge in [-0.2, -0.15) is 0 Å². The summed E-state index contributed by atoms with van der Waals surface area (Å²) in [4.78, 5) is 12.8. The molecule has 1 saturated carbocycles. The normalized spacial score (nSPS) is 16.3. The number of anilines is 1. The first-order valence-corrected chi connectivity index (χ1v) is 10.9. The molecule has 1 amide bonds. The number of sulfonamides is 1. The lowest BCUT2D eigenvalue weighted by Crippen LogP contribution is -2.26. The third-order valence-corrected chi connectivity index (χ3v) is 6.96. The zero-order valence-corrected chi connectivity index (χ0v) is 16.5. The first kappa shape index (κ1) is 17.7. The van der Waals surface area contributed by atoms with Gasteiger partial charge in [-0.1, -0.05) is 6.07 Å². The Kier molecular flexibility index (Phi) is 4.62. The smallest absolute Gasteiger partial charge is 0.256 e. The minimum absolute atomic E-state index is 0.0207. The molecule has 0 radical (unpaired) electrons. The van der Waals surface area contributed by atoms with E-state index in [4.69, 9.17) is 0 Å². The lowest BCUT2D eigenvalue weighted by atomic mass is 10.1. The maximum Gasteiger partial charge on any atom is 0.256 e. The molecule has 0 spiro atoms. The summed E-state index contributed by atoms with van der Waals surface area (Å²) in [7, 11) is -3.60. The van der Waals surface area contributed by atoms with Gasteiger partial charge < -0.3 is 5.32 Å². The molecule has 2 aromatic rings. The maximum atomic E-state index is 12.7. The molecule has 4 rings (SSSR count). The summed E-state index contributed by atoms with van der Waals surface area (Å²) in [6, 6.07) is 10.5. The summed E-state index contributed by atoms with van der Waals surface area (Å²) in [5.74, 6) is -0.335. The van der Waals surface area contributed by atoms with Crippen LogP contribution in [0.15, 0.2) is 45.8 Å². The van der Waals surface area contributed by atoms with E-state index in [1.165, 1.54) is 23.3 Å². The quantitative estimate of drug-likeness (QED) is 0.753. The van der Waals surface area contributed by atoms with Gasteiger partial charge in [0.25, 0.3) is 5.91 Å². The SMILES string of the molecule is O=C(Nc1ccc2c(c1)CCC2)c1cc(S(=O)(=O)NC2CC2)ccc1Br. The number of carbonyl (C=O) groups excluding carboxylic acids is 1. The zero-order chi connectivity index (χ0) is 18.3. The standard InChI is InChI=1S/C19H19BrN2O3S/c20-18-9-8-16(26(24,25)22-14-6-7-14)11-17(18)19(23)21-15-5-4-12-2-1-3-13(12)10-15/h4-5,8-11,14,22H,1-3,6-7H2,(H,21,23). The van der Waals surface area contributed by atoms with Gasteiger partial charge in [-0.05, 0) is 89.5 Å². The van der Waals surface area contributed by atoms with Crippen LogP contribution in [0, 0.1) is 0 Å². The van der Waals surface area contributed by atoms with Crippen LogP contribution in [-0.4, -0.2) is 20.4 Å². The lowest BCUT2D eigenvalue weighted by molar-refractivity contribution is 0.102. The minimum Gasteiger partial charge on any atom is -0.322 e. The molecule has 2 aliphatic carbocycles. The summed E-state index contributed by atoms with van der Waals surface area (Å²) < 4.78 is 28.0. The van der Waals surface area contributed by atoms with Crippen LogP contribution >= 0.6 is 15.9 Å². The number of aryl methyl sites for hydroxylation is 2. The predicted octanol–water partition coefficient (Wildman–Crippen LogP) is 3.63. The van der Waals surface area contributed by atoms with E-state index in [9.17, 15) is 13.2 Å². The summed E-state index contributed by atoms with van der Waals surface area (Å²) in [6.07, 6.45) is 4.99. The van der Waals surface area contributed by atoms with Gasteiger partial charge in [0.15, 0.2) is 0 Å². The molecule has 0 atom stereocenters. The van der Waals surface area contributed by atoms with Crippen LogP contribution in [0.1, 0.15) is 40.7 Å². The molecule has 0 aromatic heterocycles. The topological polar surface area (TPSA) is 75.3 Å². The largest absolute Gasteiger partial charge is 0.322 e. The van der Waals surface area contributed by atoms with Gasteiger partial charge in [0.05, 0.1) is 10.5 Å². The second-order valence-corrected chi connectivity index (χ2v) is 9.40. The zero-order valence-electron chi connectivity index (χ0n) is 14.1. The van der Waals surface area contributed by atoms with Gasteiger partial charge in [0, 0.05) is 16.2 Å². The molecule has 0 heterocycles. The summed E-state index contributed by atoms with van der Waals surface area (Å²) in [5, 5.41) is 2.88. The summed E-state index contributed by atoms with van der Waals surface area (Å²) >= 11 is 3.35. The Balaban J connectivity index is 1.58. The van der Waals surface area contributed by atoms with Crippen LogP contribution in [0.4, 0.5) is 5.69 Å². The van der Waals surface area contributed by atoms with E-state index >= 15 is 0 Å². The van der Waals surface area contributed by atoms with Gasteiger partial charge in [-0.25, -0.2) is 13.1 Å². The molecule has 2 N–H and O–H groups in total. The molecule has 2 aromatic carbocycles. The second kappa shape index (κ2) is 6.79. The average Bonchev–Trinajstić information content (AvgIpc) is 3.27. The van der Waals surface area contributed by atoms with Gasteiger partial charge in [0.2, 0.25) is 10.0 Å². The number of carbonyl (C=O) groups is 1. The molecular formula is C19H19BrN2O3S. The molecule has 1 fully saturated rings. The van der Waals surface area contributed by atoms with Crippen LogP contribution < -0.4 is 10.0 Å². The highest BCUT2D eigenvalue weighted by molar-refractivity contribution is 9.10. The Morgan fingerprint density at radius 1 is 1.04 bits per heavy atom. The molecule has 0 saturated heterocycles. The van der Waals surface area contributed by atoms with Gasteiger partial charge >= 0.3 is 0 Å². The Morgan fingerprint density at radius 3 is 2.58 bits per heavy atom. The van der Waals surface area contributed by atoms with Crippen molar-refractivity contribution in [1.82, 2.24) is 4.72 Å². The van der Waals surface area contributed by atoms with E-state index < -0.39 is 10.0 Å². The molecule has 0 unspecified atom stereocenters. The fourth-order valence-corrected chi connectivity index (χ4v) is 4.94. The number of fused-ring (bicyclic) bond motifs is 1. The molecule has 2 aliphatic rings. The minimum atomic E-state index is -3.60. The van der Waals surface area contributed by atoms with Crippen molar-refractivity contribution in [2.45, 2.75) is 43.0 Å². The van der Waals surface area contributed by atoms with Gasteiger partial charge in [0.1, 0.15) is 0 Å². The second-order valence-electron chi connectivity index (χ2n) is 6.83. The van der Waals surface area contributed by atoms with Gasteiger partial charge in [-0.3, -0.25) is 4.79 Å². The first-order valence-electron chi connectivity index (χ1n) is 8.67. The van der Waals surface area contributed by atoms with Gasteiger partial charge in [-0.15, -0.1) is 0 Å². The van der Waals surface area contributed by atoms with E-state index in [1.807, 2.05) is 18.2 Å². The molecule has 26 heavy (non-hydrogen) atoms. The Hall–Kier alpha value is -1.70. The van der Waals surface area contributed by atoms with E-state index in [0.29, 0.717) is 10.0 Å². The highest BCUT2D eigenvalue weighted by atomic mass is 79.9. The first-order chi connectivity index (χ1) is 12.4. The number of benzene rings is 2. The summed E-state index contributed by atoms with van der Waals surface area (Å²) in [5.41, 5.74) is 3.63. The van der Waals surface area contributed by atoms with Crippen LogP contribution in [0.5, 0.6) is 0 Å².